The summed E-state index contributed by atoms with van der Waals surface area (Å²) in [5.41, 5.74) is 7.79. The van der Waals surface area contributed by atoms with Gasteiger partial charge < -0.3 is 15.6 Å². The van der Waals surface area contributed by atoms with Crippen LogP contribution in [0.25, 0.3) is 0 Å². The highest BCUT2D eigenvalue weighted by atomic mass is 32.1. The van der Waals surface area contributed by atoms with Crippen LogP contribution in [0.2, 0.25) is 0 Å². The van der Waals surface area contributed by atoms with Crippen LogP contribution in [0.4, 0.5) is 0 Å². The molecule has 1 aliphatic heterocycles. The average Bonchev–Trinajstić information content (AvgIpc) is 2.49. The lowest BCUT2D eigenvalue weighted by molar-refractivity contribution is 0.389. The van der Waals surface area contributed by atoms with E-state index in [4.69, 9.17) is 18.0 Å². The summed E-state index contributed by atoms with van der Waals surface area (Å²) in [6.45, 7) is 1.65. The van der Waals surface area contributed by atoms with Crippen molar-refractivity contribution in [2.45, 2.75) is 13.0 Å². The summed E-state index contributed by atoms with van der Waals surface area (Å²) in [5.74, 6) is 0. The van der Waals surface area contributed by atoms with Crippen molar-refractivity contribution >= 4 is 17.3 Å². The Kier molecular flexibility index (Phi) is 1.73. The zero-order chi connectivity index (χ0) is 8.55. The van der Waals surface area contributed by atoms with Crippen molar-refractivity contribution in [3.05, 3.63) is 17.7 Å². The molecule has 1 aliphatic rings. The molecule has 0 bridgehead atoms. The number of imidazole rings is 1. The second kappa shape index (κ2) is 2.75. The summed E-state index contributed by atoms with van der Waals surface area (Å²) in [5, 5.41) is 0.468. The normalized spacial score (nSPS) is 15.8. The van der Waals surface area contributed by atoms with Crippen LogP contribution in [0, 0.1) is 0 Å². The molecule has 0 aliphatic carbocycles. The summed E-state index contributed by atoms with van der Waals surface area (Å²) in [7, 11) is 0. The first-order valence-corrected chi connectivity index (χ1v) is 4.23. The van der Waals surface area contributed by atoms with Crippen LogP contribution < -0.4 is 5.73 Å². The topological polar surface area (TPSA) is 57.9 Å². The fourth-order valence-corrected chi connectivity index (χ4v) is 1.56. The molecule has 0 fully saturated rings. The van der Waals surface area contributed by atoms with Crippen LogP contribution >= 0.6 is 12.2 Å². The second-order valence-corrected chi connectivity index (χ2v) is 3.26. The first kappa shape index (κ1) is 7.54. The molecule has 0 saturated carbocycles. The summed E-state index contributed by atoms with van der Waals surface area (Å²) in [4.78, 5) is 9.23. The minimum Gasteiger partial charge on any atom is -0.376 e. The zero-order valence-corrected chi connectivity index (χ0v) is 7.40. The van der Waals surface area contributed by atoms with E-state index < -0.39 is 0 Å². The van der Waals surface area contributed by atoms with Crippen LogP contribution in [0.3, 0.4) is 0 Å². The number of H-pyrrole nitrogens is 1. The first-order valence-electron chi connectivity index (χ1n) is 3.83. The van der Waals surface area contributed by atoms with Gasteiger partial charge in [0.2, 0.25) is 0 Å². The Morgan fingerprint density at radius 1 is 1.75 bits per heavy atom. The molecule has 0 atom stereocenters. The third-order valence-electron chi connectivity index (χ3n) is 2.09. The molecule has 1 aromatic heterocycles. The van der Waals surface area contributed by atoms with E-state index in [1.807, 2.05) is 4.90 Å². The van der Waals surface area contributed by atoms with Crippen LogP contribution in [0.1, 0.15) is 11.4 Å². The molecule has 0 saturated heterocycles. The van der Waals surface area contributed by atoms with Gasteiger partial charge in [0.25, 0.3) is 0 Å². The number of hydrogen-bond donors (Lipinski definition) is 2. The Morgan fingerprint density at radius 2 is 2.58 bits per heavy atom. The summed E-state index contributed by atoms with van der Waals surface area (Å²) in [6, 6.07) is 0. The lowest BCUT2D eigenvalue weighted by Gasteiger charge is -2.26. The van der Waals surface area contributed by atoms with Crippen LogP contribution in [-0.2, 0) is 13.0 Å². The largest absolute Gasteiger partial charge is 0.376 e. The maximum absolute atomic E-state index is 5.52. The fraction of sp³-hybridized carbons (Fsp3) is 0.429. The van der Waals surface area contributed by atoms with Gasteiger partial charge >= 0.3 is 0 Å². The molecule has 0 spiro atoms. The zero-order valence-electron chi connectivity index (χ0n) is 6.58. The van der Waals surface area contributed by atoms with Gasteiger partial charge in [0, 0.05) is 13.0 Å². The molecule has 0 aromatic carbocycles. The van der Waals surface area contributed by atoms with Crippen molar-refractivity contribution in [3.8, 4) is 0 Å². The summed E-state index contributed by atoms with van der Waals surface area (Å²) >= 11 is 4.89. The molecule has 2 heterocycles. The van der Waals surface area contributed by atoms with Crippen molar-refractivity contribution in [2.24, 2.45) is 5.73 Å². The van der Waals surface area contributed by atoms with Gasteiger partial charge in [-0.15, -0.1) is 0 Å². The van der Waals surface area contributed by atoms with Crippen molar-refractivity contribution in [1.29, 1.82) is 0 Å². The van der Waals surface area contributed by atoms with Gasteiger partial charge in [-0.1, -0.05) is 0 Å². The first-order chi connectivity index (χ1) is 5.77. The van der Waals surface area contributed by atoms with E-state index in [1.165, 1.54) is 0 Å². The standard InChI is InChI=1S/C7H10N4S/c8-7(12)11-2-1-5-6(3-11)10-4-9-5/h4H,1-3H2,(H2,8,12)(H,9,10). The number of nitrogens with zero attached hydrogens (tertiary/aromatic N) is 2. The van der Waals surface area contributed by atoms with Crippen molar-refractivity contribution in [1.82, 2.24) is 14.9 Å². The molecule has 0 unspecified atom stereocenters. The molecule has 0 amide bonds. The van der Waals surface area contributed by atoms with Crippen molar-refractivity contribution in [3.63, 3.8) is 0 Å². The smallest absolute Gasteiger partial charge is 0.166 e. The maximum atomic E-state index is 5.52. The molecule has 0 radical (unpaired) electrons. The summed E-state index contributed by atoms with van der Waals surface area (Å²) < 4.78 is 0. The van der Waals surface area contributed by atoms with E-state index in [0.29, 0.717) is 5.11 Å². The van der Waals surface area contributed by atoms with Gasteiger partial charge in [-0.2, -0.15) is 0 Å². The minimum absolute atomic E-state index is 0.468. The average molecular weight is 182 g/mol. The number of rotatable bonds is 0. The summed E-state index contributed by atoms with van der Waals surface area (Å²) in [6.07, 6.45) is 2.64. The molecule has 4 nitrogen and oxygen atoms in total. The number of hydrogen-bond acceptors (Lipinski definition) is 2. The van der Waals surface area contributed by atoms with E-state index in [-0.39, 0.29) is 0 Å². The van der Waals surface area contributed by atoms with Crippen LogP contribution in [0.15, 0.2) is 6.33 Å². The Morgan fingerprint density at radius 3 is 3.33 bits per heavy atom. The predicted molar refractivity (Wildman–Crippen MR) is 49.5 cm³/mol. The van der Waals surface area contributed by atoms with Gasteiger partial charge in [-0.25, -0.2) is 4.98 Å². The molecule has 1 aromatic rings. The van der Waals surface area contributed by atoms with E-state index in [1.54, 1.807) is 6.33 Å². The van der Waals surface area contributed by atoms with Gasteiger partial charge in [-0.05, 0) is 12.2 Å². The monoisotopic (exact) mass is 182 g/mol. The molecule has 3 N–H and O–H groups in total. The van der Waals surface area contributed by atoms with Crippen LogP contribution in [0.5, 0.6) is 0 Å². The third kappa shape index (κ3) is 1.16. The Labute approximate surface area is 75.8 Å². The Balaban J connectivity index is 2.20. The molecule has 2 rings (SSSR count). The fourth-order valence-electron chi connectivity index (χ4n) is 1.40. The highest BCUT2D eigenvalue weighted by molar-refractivity contribution is 7.80. The highest BCUT2D eigenvalue weighted by Gasteiger charge is 2.18. The van der Waals surface area contributed by atoms with E-state index in [2.05, 4.69) is 9.97 Å². The second-order valence-electron chi connectivity index (χ2n) is 2.84. The lowest BCUT2D eigenvalue weighted by Crippen LogP contribution is -2.39. The maximum Gasteiger partial charge on any atom is 0.166 e. The number of thiocarbonyl (C=S) groups is 1. The molecule has 64 valence electrons. The lowest BCUT2D eigenvalue weighted by atomic mass is 10.1. The molecular weight excluding hydrogens is 172 g/mol. The van der Waals surface area contributed by atoms with Crippen LogP contribution in [-0.4, -0.2) is 26.5 Å². The minimum atomic E-state index is 0.468. The van der Waals surface area contributed by atoms with Gasteiger partial charge in [0.1, 0.15) is 0 Å². The molecule has 12 heavy (non-hydrogen) atoms. The predicted octanol–water partition coefficient (Wildman–Crippen LogP) is 0.0114. The molecule has 5 heteroatoms. The number of fused-ring (bicyclic) bond motifs is 1. The number of aromatic amines is 1. The van der Waals surface area contributed by atoms with Crippen molar-refractivity contribution in [2.75, 3.05) is 6.54 Å². The van der Waals surface area contributed by atoms with E-state index in [0.717, 1.165) is 30.9 Å². The van der Waals surface area contributed by atoms with Gasteiger partial charge in [-0.3, -0.25) is 0 Å². The number of aromatic nitrogens is 2. The Bertz CT molecular complexity index is 306. The quantitative estimate of drug-likeness (QED) is 0.555. The SMILES string of the molecule is NC(=S)N1CCc2nc[nH]c2C1. The van der Waals surface area contributed by atoms with Gasteiger partial charge in [0.05, 0.1) is 24.3 Å². The highest BCUT2D eigenvalue weighted by Crippen LogP contribution is 2.13. The Hall–Kier alpha value is -1.10. The van der Waals surface area contributed by atoms with Gasteiger partial charge in [0.15, 0.2) is 5.11 Å². The van der Waals surface area contributed by atoms with E-state index >= 15 is 0 Å². The number of nitrogens with two attached hydrogens (primary N) is 1. The van der Waals surface area contributed by atoms with Crippen molar-refractivity contribution < 1.29 is 0 Å². The molecular formula is C7H10N4S. The third-order valence-corrected chi connectivity index (χ3v) is 2.34. The number of nitrogens with one attached hydrogen (secondary N) is 1. The van der Waals surface area contributed by atoms with E-state index in [9.17, 15) is 0 Å².